The van der Waals surface area contributed by atoms with Gasteiger partial charge in [-0.1, -0.05) is 35.0 Å². The molecule has 1 heterocycles. The Balaban J connectivity index is 2.29. The number of aryl methyl sites for hydroxylation is 1. The summed E-state index contributed by atoms with van der Waals surface area (Å²) in [5, 5.41) is 12.4. The lowest BCUT2D eigenvalue weighted by molar-refractivity contribution is 0.318. The molecule has 0 aliphatic rings. The Morgan fingerprint density at radius 1 is 1.38 bits per heavy atom. The SMILES string of the molecule is Cc1cc(/C(N)=N/O)nc(N(C)Cc2ccccc2Cl)n1. The van der Waals surface area contributed by atoms with Crippen LogP contribution in [0.3, 0.4) is 0 Å². The first-order chi connectivity index (χ1) is 10.0. The Morgan fingerprint density at radius 2 is 2.10 bits per heavy atom. The lowest BCUT2D eigenvalue weighted by Crippen LogP contribution is -2.23. The summed E-state index contributed by atoms with van der Waals surface area (Å²) in [5.41, 5.74) is 7.66. The van der Waals surface area contributed by atoms with E-state index in [-0.39, 0.29) is 5.84 Å². The van der Waals surface area contributed by atoms with Crippen LogP contribution in [0.2, 0.25) is 5.02 Å². The van der Waals surface area contributed by atoms with Gasteiger partial charge < -0.3 is 15.8 Å². The highest BCUT2D eigenvalue weighted by atomic mass is 35.5. The van der Waals surface area contributed by atoms with E-state index >= 15 is 0 Å². The van der Waals surface area contributed by atoms with Crippen molar-refractivity contribution in [2.45, 2.75) is 13.5 Å². The third-order valence-electron chi connectivity index (χ3n) is 2.92. The van der Waals surface area contributed by atoms with Crippen molar-refractivity contribution in [3.05, 3.63) is 52.3 Å². The van der Waals surface area contributed by atoms with E-state index in [1.54, 1.807) is 6.07 Å². The maximum Gasteiger partial charge on any atom is 0.226 e. The molecular formula is C14H16ClN5O. The molecule has 7 heteroatoms. The van der Waals surface area contributed by atoms with Crippen LogP contribution in [0.5, 0.6) is 0 Å². The molecule has 1 aromatic carbocycles. The van der Waals surface area contributed by atoms with Crippen LogP contribution in [-0.4, -0.2) is 28.1 Å². The van der Waals surface area contributed by atoms with Gasteiger partial charge in [-0.2, -0.15) is 0 Å². The first-order valence-electron chi connectivity index (χ1n) is 6.29. The van der Waals surface area contributed by atoms with E-state index in [0.717, 1.165) is 11.3 Å². The van der Waals surface area contributed by atoms with Crippen LogP contribution in [0.15, 0.2) is 35.5 Å². The van der Waals surface area contributed by atoms with Crippen LogP contribution >= 0.6 is 11.6 Å². The number of amidine groups is 1. The number of rotatable bonds is 4. The zero-order chi connectivity index (χ0) is 15.4. The van der Waals surface area contributed by atoms with Gasteiger partial charge in [0, 0.05) is 24.3 Å². The number of nitrogens with two attached hydrogens (primary N) is 1. The fourth-order valence-corrected chi connectivity index (χ4v) is 2.05. The molecule has 1 aromatic heterocycles. The van der Waals surface area contributed by atoms with Gasteiger partial charge in [0.05, 0.1) is 0 Å². The molecule has 0 saturated heterocycles. The molecule has 2 aromatic rings. The Hall–Kier alpha value is -2.34. The van der Waals surface area contributed by atoms with E-state index in [2.05, 4.69) is 15.1 Å². The second-order valence-electron chi connectivity index (χ2n) is 4.63. The summed E-state index contributed by atoms with van der Waals surface area (Å²) in [6.45, 7) is 2.38. The predicted molar refractivity (Wildman–Crippen MR) is 82.8 cm³/mol. The number of hydrogen-bond acceptors (Lipinski definition) is 5. The fraction of sp³-hybridized carbons (Fsp3) is 0.214. The van der Waals surface area contributed by atoms with E-state index < -0.39 is 0 Å². The smallest absolute Gasteiger partial charge is 0.226 e. The monoisotopic (exact) mass is 305 g/mol. The van der Waals surface area contributed by atoms with Crippen molar-refractivity contribution in [3.8, 4) is 0 Å². The van der Waals surface area contributed by atoms with Crippen LogP contribution < -0.4 is 10.6 Å². The van der Waals surface area contributed by atoms with Gasteiger partial charge in [0.1, 0.15) is 5.69 Å². The normalized spacial score (nSPS) is 11.5. The zero-order valence-electron chi connectivity index (χ0n) is 11.8. The van der Waals surface area contributed by atoms with Crippen LogP contribution in [0.25, 0.3) is 0 Å². The second kappa shape index (κ2) is 6.41. The molecule has 21 heavy (non-hydrogen) atoms. The number of halogens is 1. The van der Waals surface area contributed by atoms with Crippen molar-refractivity contribution in [1.29, 1.82) is 0 Å². The molecule has 0 spiro atoms. The summed E-state index contributed by atoms with van der Waals surface area (Å²) in [7, 11) is 1.86. The highest BCUT2D eigenvalue weighted by Crippen LogP contribution is 2.19. The molecule has 0 bridgehead atoms. The van der Waals surface area contributed by atoms with Crippen LogP contribution in [0.1, 0.15) is 17.0 Å². The number of aromatic nitrogens is 2. The molecule has 6 nitrogen and oxygen atoms in total. The summed E-state index contributed by atoms with van der Waals surface area (Å²) >= 11 is 6.15. The van der Waals surface area contributed by atoms with Gasteiger partial charge in [-0.3, -0.25) is 0 Å². The third-order valence-corrected chi connectivity index (χ3v) is 3.29. The molecule has 0 radical (unpaired) electrons. The maximum atomic E-state index is 8.75. The van der Waals surface area contributed by atoms with E-state index in [4.69, 9.17) is 22.5 Å². The van der Waals surface area contributed by atoms with Crippen molar-refractivity contribution >= 4 is 23.4 Å². The van der Waals surface area contributed by atoms with Gasteiger partial charge in [-0.05, 0) is 24.6 Å². The first kappa shape index (κ1) is 15.1. The van der Waals surface area contributed by atoms with Crippen molar-refractivity contribution < 1.29 is 5.21 Å². The second-order valence-corrected chi connectivity index (χ2v) is 5.03. The summed E-state index contributed by atoms with van der Waals surface area (Å²) in [4.78, 5) is 10.5. The lowest BCUT2D eigenvalue weighted by atomic mass is 10.2. The number of oxime groups is 1. The molecule has 110 valence electrons. The number of nitrogens with zero attached hydrogens (tertiary/aromatic N) is 4. The number of hydrogen-bond donors (Lipinski definition) is 2. The van der Waals surface area contributed by atoms with Crippen molar-refractivity contribution in [1.82, 2.24) is 9.97 Å². The zero-order valence-corrected chi connectivity index (χ0v) is 12.5. The van der Waals surface area contributed by atoms with Crippen LogP contribution in [0.4, 0.5) is 5.95 Å². The van der Waals surface area contributed by atoms with Gasteiger partial charge in [0.2, 0.25) is 5.95 Å². The highest BCUT2D eigenvalue weighted by Gasteiger charge is 2.11. The molecule has 0 atom stereocenters. The maximum absolute atomic E-state index is 8.75. The van der Waals surface area contributed by atoms with E-state index in [0.29, 0.717) is 23.2 Å². The van der Waals surface area contributed by atoms with Gasteiger partial charge in [0.25, 0.3) is 0 Å². The lowest BCUT2D eigenvalue weighted by Gasteiger charge is -2.18. The Bertz CT molecular complexity index is 674. The molecule has 0 saturated carbocycles. The molecule has 3 N–H and O–H groups in total. The van der Waals surface area contributed by atoms with E-state index in [1.165, 1.54) is 0 Å². The number of benzene rings is 1. The average Bonchev–Trinajstić information content (AvgIpc) is 2.48. The Labute approximate surface area is 127 Å². The standard InChI is InChI=1S/C14H16ClN5O/c1-9-7-12(13(16)19-21)18-14(17-9)20(2)8-10-5-3-4-6-11(10)15/h3-7,21H,8H2,1-2H3,(H2,16,19). The minimum absolute atomic E-state index is 0.0482. The summed E-state index contributed by atoms with van der Waals surface area (Å²) in [6, 6.07) is 9.24. The topological polar surface area (TPSA) is 87.6 Å². The minimum Gasteiger partial charge on any atom is -0.409 e. The van der Waals surface area contributed by atoms with E-state index in [9.17, 15) is 0 Å². The fourth-order valence-electron chi connectivity index (χ4n) is 1.86. The van der Waals surface area contributed by atoms with Gasteiger partial charge in [-0.25, -0.2) is 9.97 Å². The van der Waals surface area contributed by atoms with Gasteiger partial charge >= 0.3 is 0 Å². The van der Waals surface area contributed by atoms with Crippen LogP contribution in [0, 0.1) is 6.92 Å². The molecule has 2 rings (SSSR count). The Kier molecular flexibility index (Phi) is 4.59. The summed E-state index contributed by atoms with van der Waals surface area (Å²) in [6.07, 6.45) is 0. The summed E-state index contributed by atoms with van der Waals surface area (Å²) < 4.78 is 0. The molecule has 0 fully saturated rings. The first-order valence-corrected chi connectivity index (χ1v) is 6.67. The summed E-state index contributed by atoms with van der Waals surface area (Å²) in [5.74, 6) is 0.435. The number of anilines is 1. The molecule has 0 amide bonds. The predicted octanol–water partition coefficient (Wildman–Crippen LogP) is 2.17. The van der Waals surface area contributed by atoms with E-state index in [1.807, 2.05) is 43.1 Å². The quantitative estimate of drug-likeness (QED) is 0.391. The molecular weight excluding hydrogens is 290 g/mol. The minimum atomic E-state index is -0.0482. The van der Waals surface area contributed by atoms with Gasteiger partial charge in [0.15, 0.2) is 5.84 Å². The average molecular weight is 306 g/mol. The van der Waals surface area contributed by atoms with Crippen molar-refractivity contribution in [3.63, 3.8) is 0 Å². The molecule has 0 unspecified atom stereocenters. The largest absolute Gasteiger partial charge is 0.409 e. The molecule has 0 aliphatic heterocycles. The van der Waals surface area contributed by atoms with Gasteiger partial charge in [-0.15, -0.1) is 0 Å². The molecule has 0 aliphatic carbocycles. The third kappa shape index (κ3) is 3.61. The van der Waals surface area contributed by atoms with Crippen LogP contribution in [-0.2, 0) is 6.54 Å². The van der Waals surface area contributed by atoms with Crippen molar-refractivity contribution in [2.75, 3.05) is 11.9 Å². The van der Waals surface area contributed by atoms with Crippen molar-refractivity contribution in [2.24, 2.45) is 10.9 Å². The highest BCUT2D eigenvalue weighted by molar-refractivity contribution is 6.31. The Morgan fingerprint density at radius 3 is 2.76 bits per heavy atom.